The SMILES string of the molecule is COc1cc(O)c2c(c1)C(=O)c1c(cc3c(c1O)-c1c(cc(C)c(C(=O)NC(C)C(=O)O)c1O)[C@H](OC1OC(C)C(N(C)C)C(OC4OCC(O)C(O)C4O)C1O)[C@H]3O)C2=O. The summed E-state index contributed by atoms with van der Waals surface area (Å²) in [6.07, 6.45) is -15.5. The minimum atomic E-state index is -1.89. The fourth-order valence-electron chi connectivity index (χ4n) is 8.59. The second-order valence-electron chi connectivity index (χ2n) is 15.8. The summed E-state index contributed by atoms with van der Waals surface area (Å²) in [7, 11) is 4.59. The van der Waals surface area contributed by atoms with Crippen molar-refractivity contribution in [3.8, 4) is 34.1 Å². The second-order valence-corrected chi connectivity index (χ2v) is 15.8. The number of fused-ring (bicyclic) bond motifs is 5. The molecule has 0 spiro atoms. The van der Waals surface area contributed by atoms with Crippen LogP contribution in [0.25, 0.3) is 11.1 Å². The highest BCUT2D eigenvalue weighted by atomic mass is 16.7. The summed E-state index contributed by atoms with van der Waals surface area (Å²) in [5.74, 6) is -6.62. The number of hydrogen-bond donors (Lipinski definition) is 10. The lowest BCUT2D eigenvalue weighted by Gasteiger charge is -2.49. The Hall–Kier alpha value is -5.26. The van der Waals surface area contributed by atoms with E-state index in [9.17, 15) is 65.1 Å². The number of amides is 1. The van der Waals surface area contributed by atoms with Crippen LogP contribution in [0.15, 0.2) is 24.3 Å². The molecule has 328 valence electrons. The zero-order valence-electron chi connectivity index (χ0n) is 33.6. The maximum Gasteiger partial charge on any atom is 0.325 e. The molecule has 0 saturated carbocycles. The van der Waals surface area contributed by atoms with Crippen molar-refractivity contribution in [1.29, 1.82) is 0 Å². The van der Waals surface area contributed by atoms with Gasteiger partial charge in [0.1, 0.15) is 71.8 Å². The van der Waals surface area contributed by atoms with Crippen LogP contribution < -0.4 is 10.1 Å². The Morgan fingerprint density at radius 3 is 2.11 bits per heavy atom. The van der Waals surface area contributed by atoms with E-state index < -0.39 is 149 Å². The summed E-state index contributed by atoms with van der Waals surface area (Å²) < 4.78 is 29.2. The van der Waals surface area contributed by atoms with Gasteiger partial charge in [0, 0.05) is 28.3 Å². The van der Waals surface area contributed by atoms with Crippen LogP contribution in [0.2, 0.25) is 0 Å². The molecule has 20 heteroatoms. The third-order valence-electron chi connectivity index (χ3n) is 11.6. The molecule has 2 heterocycles. The summed E-state index contributed by atoms with van der Waals surface area (Å²) in [5, 5.41) is 102. The lowest BCUT2D eigenvalue weighted by atomic mass is 9.74. The quantitative estimate of drug-likeness (QED) is 0.104. The molecule has 4 aliphatic rings. The summed E-state index contributed by atoms with van der Waals surface area (Å²) in [6, 6.07) is 2.50. The monoisotopic (exact) mass is 854 g/mol. The van der Waals surface area contributed by atoms with Gasteiger partial charge < -0.3 is 79.9 Å². The molecule has 10 N–H and O–H groups in total. The number of ketones is 2. The molecule has 2 saturated heterocycles. The highest BCUT2D eigenvalue weighted by Crippen LogP contribution is 2.57. The number of aromatic hydroxyl groups is 3. The zero-order valence-corrected chi connectivity index (χ0v) is 33.6. The molecule has 1 amide bonds. The van der Waals surface area contributed by atoms with Crippen LogP contribution in [0.3, 0.4) is 0 Å². The summed E-state index contributed by atoms with van der Waals surface area (Å²) in [6.45, 7) is 3.80. The number of carbonyl (C=O) groups is 4. The molecule has 2 aliphatic heterocycles. The third-order valence-corrected chi connectivity index (χ3v) is 11.6. The van der Waals surface area contributed by atoms with Crippen LogP contribution in [0.5, 0.6) is 23.0 Å². The van der Waals surface area contributed by atoms with Crippen molar-refractivity contribution in [1.82, 2.24) is 10.2 Å². The number of aliphatic hydroxyl groups excluding tert-OH is 5. The van der Waals surface area contributed by atoms with Gasteiger partial charge in [-0.1, -0.05) is 6.07 Å². The number of methoxy groups -OCH3 is 1. The Kier molecular flexibility index (Phi) is 11.6. The number of phenolic OH excluding ortho intramolecular Hbond substituents is 3. The Morgan fingerprint density at radius 1 is 0.836 bits per heavy atom. The number of nitrogens with one attached hydrogen (secondary N) is 1. The maximum absolute atomic E-state index is 14.1. The average molecular weight is 855 g/mol. The number of carboxylic acids is 1. The Labute approximate surface area is 347 Å². The van der Waals surface area contributed by atoms with Gasteiger partial charge in [-0.2, -0.15) is 0 Å². The van der Waals surface area contributed by atoms with Gasteiger partial charge in [0.05, 0.1) is 42.6 Å². The molecule has 0 radical (unpaired) electrons. The second kappa shape index (κ2) is 16.2. The third kappa shape index (κ3) is 7.17. The molecule has 3 aromatic rings. The van der Waals surface area contributed by atoms with Gasteiger partial charge in [0.2, 0.25) is 0 Å². The number of hydrogen-bond acceptors (Lipinski definition) is 18. The molecule has 12 atom stereocenters. The number of carbonyl (C=O) groups excluding carboxylic acids is 3. The zero-order chi connectivity index (χ0) is 44.7. The molecule has 7 rings (SSSR count). The molecule has 2 aliphatic carbocycles. The fourth-order valence-corrected chi connectivity index (χ4v) is 8.59. The van der Waals surface area contributed by atoms with Gasteiger partial charge in [0.15, 0.2) is 24.1 Å². The topological polar surface area (TPSA) is 312 Å². The Bertz CT molecular complexity index is 2310. The number of aryl methyl sites for hydroxylation is 1. The minimum Gasteiger partial charge on any atom is -0.507 e. The van der Waals surface area contributed by atoms with E-state index in [0.29, 0.717) is 0 Å². The largest absolute Gasteiger partial charge is 0.507 e. The molecule has 20 nitrogen and oxygen atoms in total. The molecule has 61 heavy (non-hydrogen) atoms. The normalized spacial score (nSPS) is 29.9. The molecule has 0 bridgehead atoms. The number of rotatable bonds is 9. The summed E-state index contributed by atoms with van der Waals surface area (Å²) in [4.78, 5) is 55.1. The number of phenols is 3. The lowest BCUT2D eigenvalue weighted by molar-refractivity contribution is -0.345. The van der Waals surface area contributed by atoms with Crippen molar-refractivity contribution in [2.45, 2.75) is 94.3 Å². The first-order chi connectivity index (χ1) is 28.7. The smallest absolute Gasteiger partial charge is 0.325 e. The molecular formula is C41H46N2O18. The van der Waals surface area contributed by atoms with Crippen molar-refractivity contribution in [3.05, 3.63) is 68.8 Å². The van der Waals surface area contributed by atoms with Gasteiger partial charge >= 0.3 is 5.97 Å². The first kappa shape index (κ1) is 43.8. The number of nitrogens with zero attached hydrogens (tertiary/aromatic N) is 1. The van der Waals surface area contributed by atoms with Crippen LogP contribution in [-0.2, 0) is 23.7 Å². The predicted octanol–water partition coefficient (Wildman–Crippen LogP) is -0.269. The van der Waals surface area contributed by atoms with E-state index in [0.717, 1.165) is 12.1 Å². The van der Waals surface area contributed by atoms with E-state index >= 15 is 0 Å². The maximum atomic E-state index is 14.1. The van der Waals surface area contributed by atoms with Crippen LogP contribution in [0.4, 0.5) is 0 Å². The number of carboxylic acid groups (broad SMARTS) is 1. The Balaban J connectivity index is 1.37. The minimum absolute atomic E-state index is 0.0169. The Morgan fingerprint density at radius 2 is 1.48 bits per heavy atom. The average Bonchev–Trinajstić information content (AvgIpc) is 3.19. The van der Waals surface area contributed by atoms with Gasteiger partial charge in [-0.05, 0) is 63.7 Å². The highest BCUT2D eigenvalue weighted by Gasteiger charge is 2.52. The molecule has 10 unspecified atom stereocenters. The van der Waals surface area contributed by atoms with Crippen molar-refractivity contribution in [2.75, 3.05) is 27.8 Å². The van der Waals surface area contributed by atoms with Crippen LogP contribution >= 0.6 is 0 Å². The predicted molar refractivity (Wildman–Crippen MR) is 205 cm³/mol. The van der Waals surface area contributed by atoms with E-state index in [4.69, 9.17) is 23.7 Å². The van der Waals surface area contributed by atoms with Gasteiger partial charge in [-0.3, -0.25) is 19.2 Å². The van der Waals surface area contributed by atoms with E-state index in [1.807, 2.05) is 0 Å². The van der Waals surface area contributed by atoms with E-state index in [1.165, 1.54) is 33.1 Å². The van der Waals surface area contributed by atoms with E-state index in [-0.39, 0.29) is 33.6 Å². The number of aliphatic hydroxyl groups is 5. The lowest BCUT2D eigenvalue weighted by Crippen LogP contribution is -2.65. The molecule has 0 aromatic heterocycles. The number of benzene rings is 3. The first-order valence-electron chi connectivity index (χ1n) is 19.1. The van der Waals surface area contributed by atoms with Crippen molar-refractivity contribution in [3.63, 3.8) is 0 Å². The van der Waals surface area contributed by atoms with Crippen molar-refractivity contribution >= 4 is 23.4 Å². The number of ether oxygens (including phenoxy) is 5. The summed E-state index contributed by atoms with van der Waals surface area (Å²) in [5.41, 5.74) is -3.34. The van der Waals surface area contributed by atoms with Gasteiger partial charge in [-0.25, -0.2) is 0 Å². The van der Waals surface area contributed by atoms with E-state index in [1.54, 1.807) is 25.9 Å². The summed E-state index contributed by atoms with van der Waals surface area (Å²) >= 11 is 0. The van der Waals surface area contributed by atoms with Crippen LogP contribution in [-0.4, -0.2) is 163 Å². The van der Waals surface area contributed by atoms with Gasteiger partial charge in [-0.15, -0.1) is 0 Å². The van der Waals surface area contributed by atoms with Crippen molar-refractivity contribution < 1.29 is 88.8 Å². The molecule has 2 fully saturated rings. The first-order valence-corrected chi connectivity index (χ1v) is 19.1. The molecular weight excluding hydrogens is 808 g/mol. The van der Waals surface area contributed by atoms with E-state index in [2.05, 4.69) is 5.32 Å². The van der Waals surface area contributed by atoms with Crippen LogP contribution in [0, 0.1) is 6.92 Å². The number of aliphatic carboxylic acids is 1. The number of likely N-dealkylation sites (N-methyl/N-ethyl adjacent to an activating group) is 1. The standard InChI is InChI=1S/C41H46N2O18/c1-12-7-19-25(32(50)22(12)38(54)42-13(2)39(55)56)24-17(10-18-26(33(24)51)29(47)16-8-15(57-6)9-20(44)23(16)28(18)46)30(48)36(19)60-41-35(53)37(27(43(4)5)14(3)59-41)61-40-34(52)31(49)21(45)11-58-40/h7-10,13-14,21,27,30-31,34-37,40-41,44-45,48-53H,11H2,1-6H3,(H,42,54)(H,55,56)/t13?,14?,21?,27?,30-,31?,34?,35?,36-,37?,40?,41?/m0/s1. The highest BCUT2D eigenvalue weighted by molar-refractivity contribution is 6.31. The molecule has 3 aromatic carbocycles. The fraction of sp³-hybridized carbons (Fsp3) is 0.463. The van der Waals surface area contributed by atoms with Crippen LogP contribution in [0.1, 0.15) is 84.9 Å². The van der Waals surface area contributed by atoms with Gasteiger partial charge in [0.25, 0.3) is 5.91 Å². The van der Waals surface area contributed by atoms with Crippen molar-refractivity contribution in [2.24, 2.45) is 0 Å².